The molecule has 16 N–H and O–H groups in total. The number of hydrogen-bond donors (Lipinski definition) is 16. The van der Waals surface area contributed by atoms with Crippen LogP contribution in [-0.4, -0.2) is 225 Å². The van der Waals surface area contributed by atoms with Gasteiger partial charge in [0, 0.05) is 0 Å². The molecular formula is C8H21Li5O24. The molecule has 0 rings (SSSR count). The molecule has 0 heterocycles. The molecule has 0 amide bonds. The summed E-state index contributed by atoms with van der Waals surface area (Å²) in [6.07, 6.45) is -14.7. The quantitative estimate of drug-likeness (QED) is 0.157. The van der Waals surface area contributed by atoms with Crippen molar-refractivity contribution in [2.45, 2.75) is 0 Å². The van der Waals surface area contributed by atoms with Crippen LogP contribution in [0.4, 0.5) is 38.4 Å². The van der Waals surface area contributed by atoms with Crippen molar-refractivity contribution in [2.75, 3.05) is 0 Å². The van der Waals surface area contributed by atoms with Crippen LogP contribution in [0.2, 0.25) is 0 Å². The van der Waals surface area contributed by atoms with E-state index < -0.39 is 49.2 Å². The molecule has 0 radical (unpaired) electrons. The van der Waals surface area contributed by atoms with Gasteiger partial charge < -0.3 is 81.7 Å². The van der Waals surface area contributed by atoms with E-state index in [0.717, 1.165) is 0 Å². The number of carbonyl (C=O) groups is 8. The zero-order valence-corrected chi connectivity index (χ0v) is 14.4. The maximum atomic E-state index is 8.56. The van der Waals surface area contributed by atoms with Gasteiger partial charge in [0.1, 0.15) is 0 Å². The molecule has 0 aliphatic heterocycles. The zero-order chi connectivity index (χ0) is 28.6. The molecule has 0 aromatic rings. The fourth-order valence-corrected chi connectivity index (χ4v) is 0. The van der Waals surface area contributed by atoms with Crippen molar-refractivity contribution < 1.29 is 120 Å². The molecule has 0 spiro atoms. The average molecular weight is 536 g/mol. The summed E-state index contributed by atoms with van der Waals surface area (Å²) in [5.74, 6) is 0. The molecule has 0 fully saturated rings. The Bertz CT molecular complexity index is 375. The van der Waals surface area contributed by atoms with Crippen LogP contribution in [0.5, 0.6) is 0 Å². The van der Waals surface area contributed by atoms with Gasteiger partial charge in [-0.25, -0.2) is 38.4 Å². The van der Waals surface area contributed by atoms with Crippen LogP contribution in [0.15, 0.2) is 0 Å². The van der Waals surface area contributed by atoms with Gasteiger partial charge in [0.15, 0.2) is 0 Å². The third kappa shape index (κ3) is 3950. The minimum absolute atomic E-state index is 0. The first kappa shape index (κ1) is 83.9. The van der Waals surface area contributed by atoms with Gasteiger partial charge in [-0.15, -0.1) is 0 Å². The predicted octanol–water partition coefficient (Wildman–Crippen LogP) is -1.46. The molecule has 0 saturated carbocycles. The fraction of sp³-hybridized carbons (Fsp3) is 0. The predicted molar refractivity (Wildman–Crippen MR) is 121 cm³/mol. The van der Waals surface area contributed by atoms with Crippen molar-refractivity contribution in [3.63, 3.8) is 0 Å². The van der Waals surface area contributed by atoms with Crippen molar-refractivity contribution in [3.05, 3.63) is 0 Å². The van der Waals surface area contributed by atoms with E-state index >= 15 is 0 Å². The Morgan fingerprint density at radius 2 is 0.189 bits per heavy atom. The second-order valence-corrected chi connectivity index (χ2v) is 2.26. The molecule has 0 aliphatic rings. The molecule has 0 aliphatic carbocycles. The van der Waals surface area contributed by atoms with E-state index in [2.05, 4.69) is 0 Å². The van der Waals surface area contributed by atoms with Gasteiger partial charge in [-0.2, -0.15) is 0 Å². The van der Waals surface area contributed by atoms with E-state index in [9.17, 15) is 0 Å². The molecule has 0 unspecified atom stereocenters. The summed E-state index contributed by atoms with van der Waals surface area (Å²) < 4.78 is 0. The molecule has 24 nitrogen and oxygen atoms in total. The number of rotatable bonds is 0. The molecule has 0 aromatic carbocycles. The zero-order valence-electron chi connectivity index (χ0n) is 14.4. The van der Waals surface area contributed by atoms with Crippen LogP contribution < -0.4 is 0 Å². The van der Waals surface area contributed by atoms with Gasteiger partial charge in [0.25, 0.3) is 0 Å². The van der Waals surface area contributed by atoms with Crippen molar-refractivity contribution in [1.82, 2.24) is 0 Å². The molecule has 37 heavy (non-hydrogen) atoms. The molecule has 29 heteroatoms. The third-order valence-electron chi connectivity index (χ3n) is 0. The molecular weight excluding hydrogens is 515 g/mol. The molecule has 202 valence electrons. The summed E-state index contributed by atoms with van der Waals surface area (Å²) in [7, 11) is 0. The van der Waals surface area contributed by atoms with Crippen molar-refractivity contribution in [3.8, 4) is 0 Å². The van der Waals surface area contributed by atoms with Gasteiger partial charge in [0.05, 0.1) is 0 Å². The van der Waals surface area contributed by atoms with E-state index in [0.29, 0.717) is 0 Å². The summed E-state index contributed by atoms with van der Waals surface area (Å²) in [4.78, 5) is 68.4. The van der Waals surface area contributed by atoms with Crippen molar-refractivity contribution >= 4 is 144 Å². The maximum absolute atomic E-state index is 8.56. The number of hydrogen-bond acceptors (Lipinski definition) is 8. The van der Waals surface area contributed by atoms with Crippen LogP contribution in [0, 0.1) is 0 Å². The summed E-state index contributed by atoms with van der Waals surface area (Å²) in [5, 5.41) is 112. The Morgan fingerprint density at radius 1 is 0.189 bits per heavy atom. The van der Waals surface area contributed by atoms with Gasteiger partial charge >= 0.3 is 144 Å². The van der Waals surface area contributed by atoms with Crippen LogP contribution in [-0.2, 0) is 0 Å². The van der Waals surface area contributed by atoms with Crippen molar-refractivity contribution in [1.29, 1.82) is 0 Å². The van der Waals surface area contributed by atoms with E-state index in [4.69, 9.17) is 120 Å². The first-order valence-corrected chi connectivity index (χ1v) is 5.21. The van der Waals surface area contributed by atoms with Crippen LogP contribution >= 0.6 is 0 Å². The van der Waals surface area contributed by atoms with Gasteiger partial charge in [-0.3, -0.25) is 0 Å². The number of carboxylic acid groups (broad SMARTS) is 16. The summed E-state index contributed by atoms with van der Waals surface area (Å²) in [5.41, 5.74) is 0. The molecule has 0 aromatic heterocycles. The minimum atomic E-state index is -1.83. The summed E-state index contributed by atoms with van der Waals surface area (Å²) >= 11 is 0. The van der Waals surface area contributed by atoms with Gasteiger partial charge in [-0.1, -0.05) is 0 Å². The first-order chi connectivity index (χ1) is 13.9. The third-order valence-corrected chi connectivity index (χ3v) is 0. The van der Waals surface area contributed by atoms with E-state index in [1.54, 1.807) is 0 Å². The monoisotopic (exact) mass is 536 g/mol. The van der Waals surface area contributed by atoms with Gasteiger partial charge in [0.2, 0.25) is 0 Å². The summed E-state index contributed by atoms with van der Waals surface area (Å²) in [6.45, 7) is 0. The van der Waals surface area contributed by atoms with Gasteiger partial charge in [-0.05, 0) is 0 Å². The van der Waals surface area contributed by atoms with Crippen LogP contribution in [0.1, 0.15) is 0 Å². The van der Waals surface area contributed by atoms with E-state index in [-0.39, 0.29) is 94.3 Å². The molecule has 0 atom stereocenters. The second-order valence-electron chi connectivity index (χ2n) is 2.26. The fourth-order valence-electron chi connectivity index (χ4n) is 0. The average Bonchev–Trinajstić information content (AvgIpc) is 2.30. The van der Waals surface area contributed by atoms with E-state index in [1.807, 2.05) is 0 Å². The summed E-state index contributed by atoms with van der Waals surface area (Å²) in [6, 6.07) is 0. The SMILES string of the molecule is O=C(O)O.O=C(O)O.O=C(O)O.O=C(O)O.O=C(O)O.O=C(O)O.O=C(O)O.O=C(O)O.[LiH].[LiH].[LiH].[LiH].[LiH]. The Balaban J connectivity index is -0.0000000159. The Morgan fingerprint density at radius 3 is 0.189 bits per heavy atom. The first-order valence-electron chi connectivity index (χ1n) is 5.21. The van der Waals surface area contributed by atoms with Crippen LogP contribution in [0.3, 0.4) is 0 Å². The Kier molecular flexibility index (Phi) is 174. The normalized spacial score (nSPS) is 5.19. The van der Waals surface area contributed by atoms with Crippen molar-refractivity contribution in [2.24, 2.45) is 0 Å². The second kappa shape index (κ2) is 76.6. The molecule has 0 bridgehead atoms. The Labute approximate surface area is 262 Å². The standard InChI is InChI=1S/8CH2O3.5Li.5H/c8*2-1(3)4;;;;;;;;;;/h8*(H2,2,3,4);;;;;;;;;;. The topological polar surface area (TPSA) is 460 Å². The Hall–Kier alpha value is -2.85. The van der Waals surface area contributed by atoms with E-state index in [1.165, 1.54) is 0 Å². The molecule has 0 saturated heterocycles. The van der Waals surface area contributed by atoms with Crippen LogP contribution in [0.25, 0.3) is 0 Å².